The van der Waals surface area contributed by atoms with Crippen LogP contribution >= 0.6 is 0 Å². The van der Waals surface area contributed by atoms with E-state index in [0.717, 1.165) is 18.2 Å². The fourth-order valence-electron chi connectivity index (χ4n) is 3.55. The molecule has 1 aliphatic heterocycles. The van der Waals surface area contributed by atoms with Crippen LogP contribution in [0.25, 0.3) is 0 Å². The topological polar surface area (TPSA) is 60.9 Å². The smallest absolute Gasteiger partial charge is 0.339 e. The quantitative estimate of drug-likeness (QED) is 0.606. The minimum atomic E-state index is -4.48. The minimum absolute atomic E-state index is 0.0262. The third-order valence-electron chi connectivity index (χ3n) is 5.21. The van der Waals surface area contributed by atoms with Gasteiger partial charge in [-0.05, 0) is 42.9 Å². The van der Waals surface area contributed by atoms with Crippen LogP contribution in [0.4, 0.5) is 17.6 Å². The summed E-state index contributed by atoms with van der Waals surface area (Å²) >= 11 is 0. The van der Waals surface area contributed by atoms with Crippen molar-refractivity contribution in [1.29, 1.82) is 0 Å². The zero-order valence-corrected chi connectivity index (χ0v) is 18.2. The maximum Gasteiger partial charge on any atom is 0.416 e. The second-order valence-electron chi connectivity index (χ2n) is 7.57. The first-order valence-electron chi connectivity index (χ1n) is 9.85. The van der Waals surface area contributed by atoms with Crippen molar-refractivity contribution in [2.24, 2.45) is 0 Å². The molecule has 0 radical (unpaired) electrons. The molecule has 0 atom stereocenters. The molecule has 2 aromatic rings. The predicted molar refractivity (Wildman–Crippen MR) is 110 cm³/mol. The van der Waals surface area contributed by atoms with Crippen LogP contribution in [-0.4, -0.2) is 68.2 Å². The number of hydrogen-bond donors (Lipinski definition) is 0. The Morgan fingerprint density at radius 2 is 1.59 bits per heavy atom. The lowest BCUT2D eigenvalue weighted by molar-refractivity contribution is -0.138. The summed E-state index contributed by atoms with van der Waals surface area (Å²) in [6.07, 6.45) is -4.48. The Kier molecular flexibility index (Phi) is 7.21. The summed E-state index contributed by atoms with van der Waals surface area (Å²) in [5.74, 6) is -0.836. The molecule has 1 amide bonds. The molecule has 1 fully saturated rings. The third-order valence-corrected chi connectivity index (χ3v) is 7.12. The molecular weight excluding hydrogens is 450 g/mol. The van der Waals surface area contributed by atoms with Gasteiger partial charge in [0.2, 0.25) is 15.9 Å². The minimum Gasteiger partial charge on any atom is -0.339 e. The van der Waals surface area contributed by atoms with E-state index in [1.165, 1.54) is 44.4 Å². The monoisotopic (exact) mass is 473 g/mol. The molecule has 1 aliphatic rings. The Morgan fingerprint density at radius 3 is 2.19 bits per heavy atom. The average molecular weight is 473 g/mol. The van der Waals surface area contributed by atoms with Gasteiger partial charge in [0.25, 0.3) is 0 Å². The first kappa shape index (κ1) is 24.1. The standard InChI is InChI=1S/C21H23F4N3O3S/c1-26(14-16-4-2-3-5-19(16)21(23,24)25)15-20(29)27-10-12-28(13-11-27)32(30,31)18-8-6-17(22)7-9-18/h2-9H,10-15H2,1H3. The van der Waals surface area contributed by atoms with E-state index in [1.807, 2.05) is 0 Å². The van der Waals surface area contributed by atoms with E-state index >= 15 is 0 Å². The Morgan fingerprint density at radius 1 is 1.00 bits per heavy atom. The number of rotatable bonds is 6. The molecule has 0 bridgehead atoms. The largest absolute Gasteiger partial charge is 0.416 e. The highest BCUT2D eigenvalue weighted by Crippen LogP contribution is 2.32. The Bertz CT molecular complexity index is 1050. The Balaban J connectivity index is 1.56. The molecule has 0 spiro atoms. The van der Waals surface area contributed by atoms with Gasteiger partial charge in [0.05, 0.1) is 17.0 Å². The van der Waals surface area contributed by atoms with Crippen LogP contribution in [0.3, 0.4) is 0 Å². The van der Waals surface area contributed by atoms with Crippen molar-refractivity contribution in [2.75, 3.05) is 39.8 Å². The maximum atomic E-state index is 13.2. The third kappa shape index (κ3) is 5.64. The van der Waals surface area contributed by atoms with Crippen molar-refractivity contribution in [1.82, 2.24) is 14.1 Å². The second kappa shape index (κ2) is 9.55. The summed E-state index contributed by atoms with van der Waals surface area (Å²) < 4.78 is 79.1. The molecule has 11 heteroatoms. The van der Waals surface area contributed by atoms with Crippen molar-refractivity contribution in [3.05, 3.63) is 65.5 Å². The number of benzene rings is 2. The molecule has 0 unspecified atom stereocenters. The van der Waals surface area contributed by atoms with E-state index in [0.29, 0.717) is 0 Å². The van der Waals surface area contributed by atoms with E-state index in [1.54, 1.807) is 7.05 Å². The van der Waals surface area contributed by atoms with Crippen LogP contribution in [-0.2, 0) is 27.5 Å². The first-order chi connectivity index (χ1) is 15.0. The number of piperazine rings is 1. The lowest BCUT2D eigenvalue weighted by atomic mass is 10.1. The van der Waals surface area contributed by atoms with Gasteiger partial charge in [0.1, 0.15) is 5.82 Å². The Hall–Kier alpha value is -2.50. The summed E-state index contributed by atoms with van der Waals surface area (Å²) in [5, 5.41) is 0. The summed E-state index contributed by atoms with van der Waals surface area (Å²) in [6.45, 7) is 0.313. The van der Waals surface area contributed by atoms with Gasteiger partial charge in [-0.25, -0.2) is 12.8 Å². The lowest BCUT2D eigenvalue weighted by Gasteiger charge is -2.34. The molecule has 3 rings (SSSR count). The normalized spacial score (nSPS) is 15.9. The van der Waals surface area contributed by atoms with Gasteiger partial charge < -0.3 is 4.90 Å². The summed E-state index contributed by atoms with van der Waals surface area (Å²) in [5.41, 5.74) is -0.663. The molecule has 2 aromatic carbocycles. The summed E-state index contributed by atoms with van der Waals surface area (Å²) in [4.78, 5) is 15.6. The maximum absolute atomic E-state index is 13.2. The van der Waals surface area contributed by atoms with E-state index in [-0.39, 0.29) is 55.6 Å². The van der Waals surface area contributed by atoms with Crippen LogP contribution in [0.5, 0.6) is 0 Å². The number of halogens is 4. The fraction of sp³-hybridized carbons (Fsp3) is 0.381. The molecular formula is C21H23F4N3O3S. The molecule has 6 nitrogen and oxygen atoms in total. The molecule has 1 heterocycles. The SMILES string of the molecule is CN(CC(=O)N1CCN(S(=O)(=O)c2ccc(F)cc2)CC1)Cc1ccccc1C(F)(F)F. The number of alkyl halides is 3. The van der Waals surface area contributed by atoms with Crippen molar-refractivity contribution >= 4 is 15.9 Å². The van der Waals surface area contributed by atoms with Crippen LogP contribution < -0.4 is 0 Å². The number of carbonyl (C=O) groups is 1. The van der Waals surface area contributed by atoms with Crippen LogP contribution in [0.15, 0.2) is 53.4 Å². The van der Waals surface area contributed by atoms with Gasteiger partial charge in [-0.1, -0.05) is 18.2 Å². The predicted octanol–water partition coefficient (Wildman–Crippen LogP) is 2.81. The van der Waals surface area contributed by atoms with Crippen molar-refractivity contribution in [2.45, 2.75) is 17.6 Å². The van der Waals surface area contributed by atoms with E-state index < -0.39 is 27.6 Å². The number of sulfonamides is 1. The molecule has 1 saturated heterocycles. The van der Waals surface area contributed by atoms with E-state index in [4.69, 9.17) is 0 Å². The lowest BCUT2D eigenvalue weighted by Crippen LogP contribution is -2.52. The van der Waals surface area contributed by atoms with Crippen LogP contribution in [0.2, 0.25) is 0 Å². The van der Waals surface area contributed by atoms with Gasteiger partial charge in [-0.3, -0.25) is 9.69 Å². The molecule has 174 valence electrons. The van der Waals surface area contributed by atoms with Gasteiger partial charge in [-0.15, -0.1) is 0 Å². The zero-order valence-electron chi connectivity index (χ0n) is 17.3. The molecule has 0 N–H and O–H groups in total. The summed E-state index contributed by atoms with van der Waals surface area (Å²) in [7, 11) is -2.24. The number of nitrogens with zero attached hydrogens (tertiary/aromatic N) is 3. The van der Waals surface area contributed by atoms with Crippen molar-refractivity contribution < 1.29 is 30.8 Å². The molecule has 0 aliphatic carbocycles. The van der Waals surface area contributed by atoms with Crippen LogP contribution in [0, 0.1) is 5.82 Å². The fourth-order valence-corrected chi connectivity index (χ4v) is 4.97. The van der Waals surface area contributed by atoms with Gasteiger partial charge >= 0.3 is 6.18 Å². The van der Waals surface area contributed by atoms with Gasteiger partial charge in [0, 0.05) is 32.7 Å². The van der Waals surface area contributed by atoms with Crippen molar-refractivity contribution in [3.63, 3.8) is 0 Å². The molecule has 0 aromatic heterocycles. The highest BCUT2D eigenvalue weighted by atomic mass is 32.2. The van der Waals surface area contributed by atoms with Gasteiger partial charge in [-0.2, -0.15) is 17.5 Å². The number of amides is 1. The van der Waals surface area contributed by atoms with Gasteiger partial charge in [0.15, 0.2) is 0 Å². The van der Waals surface area contributed by atoms with E-state index in [9.17, 15) is 30.8 Å². The van der Waals surface area contributed by atoms with E-state index in [2.05, 4.69) is 0 Å². The number of carbonyl (C=O) groups excluding carboxylic acids is 1. The number of hydrogen-bond acceptors (Lipinski definition) is 4. The Labute approximate surface area is 184 Å². The highest BCUT2D eigenvalue weighted by Gasteiger charge is 2.34. The number of likely N-dealkylation sites (N-methyl/N-ethyl adjacent to an activating group) is 1. The molecule has 0 saturated carbocycles. The summed E-state index contributed by atoms with van der Waals surface area (Å²) in [6, 6.07) is 9.73. The van der Waals surface area contributed by atoms with Crippen molar-refractivity contribution in [3.8, 4) is 0 Å². The first-order valence-corrected chi connectivity index (χ1v) is 11.3. The second-order valence-corrected chi connectivity index (χ2v) is 9.50. The van der Waals surface area contributed by atoms with Crippen LogP contribution in [0.1, 0.15) is 11.1 Å². The highest BCUT2D eigenvalue weighted by molar-refractivity contribution is 7.89. The average Bonchev–Trinajstić information content (AvgIpc) is 2.73. The molecule has 32 heavy (non-hydrogen) atoms. The zero-order chi connectivity index (χ0) is 23.5.